The molecule has 0 aromatic rings. The van der Waals surface area contributed by atoms with Crippen LogP contribution < -0.4 is 10.6 Å². The van der Waals surface area contributed by atoms with E-state index in [2.05, 4.69) is 17.6 Å². The standard InChI is InChI=1S/C10H22N2O/c1-4-5-6-11-7-8-12-10(13)9(2)3/h9,11H,4-8H2,1-3H3,(H,12,13). The summed E-state index contributed by atoms with van der Waals surface area (Å²) in [6.45, 7) is 8.63. The summed E-state index contributed by atoms with van der Waals surface area (Å²) in [6.07, 6.45) is 2.42. The molecule has 1 amide bonds. The van der Waals surface area contributed by atoms with Crippen molar-refractivity contribution in [2.75, 3.05) is 19.6 Å². The number of hydrogen-bond donors (Lipinski definition) is 2. The lowest BCUT2D eigenvalue weighted by Crippen LogP contribution is -2.34. The molecule has 2 N–H and O–H groups in total. The minimum absolute atomic E-state index is 0.0932. The number of amides is 1. The molecule has 0 bridgehead atoms. The maximum absolute atomic E-state index is 11.1. The molecule has 0 aliphatic heterocycles. The molecular formula is C10H22N2O. The fourth-order valence-corrected chi connectivity index (χ4v) is 0.905. The summed E-state index contributed by atoms with van der Waals surface area (Å²) in [6, 6.07) is 0. The van der Waals surface area contributed by atoms with Gasteiger partial charge in [-0.1, -0.05) is 27.2 Å². The van der Waals surface area contributed by atoms with Gasteiger partial charge in [-0.05, 0) is 13.0 Å². The van der Waals surface area contributed by atoms with Gasteiger partial charge in [0.05, 0.1) is 0 Å². The van der Waals surface area contributed by atoms with Crippen LogP contribution in [-0.2, 0) is 4.79 Å². The molecule has 13 heavy (non-hydrogen) atoms. The van der Waals surface area contributed by atoms with Gasteiger partial charge in [-0.25, -0.2) is 0 Å². The Morgan fingerprint density at radius 3 is 2.46 bits per heavy atom. The molecule has 0 fully saturated rings. The first-order chi connectivity index (χ1) is 6.18. The second-order valence-corrected chi connectivity index (χ2v) is 3.55. The molecule has 3 heteroatoms. The van der Waals surface area contributed by atoms with Crippen LogP contribution in [0.4, 0.5) is 0 Å². The van der Waals surface area contributed by atoms with Crippen LogP contribution in [0.15, 0.2) is 0 Å². The SMILES string of the molecule is CCCCNCCNC(=O)C(C)C. The molecule has 0 aliphatic rings. The zero-order valence-electron chi connectivity index (χ0n) is 9.02. The number of unbranched alkanes of at least 4 members (excludes halogenated alkanes) is 1. The summed E-state index contributed by atoms with van der Waals surface area (Å²) in [7, 11) is 0. The summed E-state index contributed by atoms with van der Waals surface area (Å²) in [4.78, 5) is 11.1. The number of carbonyl (C=O) groups is 1. The first kappa shape index (κ1) is 12.4. The van der Waals surface area contributed by atoms with E-state index in [4.69, 9.17) is 0 Å². The Labute approximate surface area is 81.3 Å². The lowest BCUT2D eigenvalue weighted by molar-refractivity contribution is -0.123. The highest BCUT2D eigenvalue weighted by Gasteiger charge is 2.03. The van der Waals surface area contributed by atoms with Gasteiger partial charge in [-0.2, -0.15) is 0 Å². The van der Waals surface area contributed by atoms with Crippen molar-refractivity contribution in [3.05, 3.63) is 0 Å². The van der Waals surface area contributed by atoms with E-state index in [1.807, 2.05) is 13.8 Å². The van der Waals surface area contributed by atoms with Crippen LogP contribution in [0.2, 0.25) is 0 Å². The minimum atomic E-state index is 0.0932. The average molecular weight is 186 g/mol. The molecule has 0 heterocycles. The predicted octanol–water partition coefficient (Wildman–Crippen LogP) is 1.15. The molecule has 0 spiro atoms. The fraction of sp³-hybridized carbons (Fsp3) is 0.900. The Morgan fingerprint density at radius 2 is 1.92 bits per heavy atom. The number of hydrogen-bond acceptors (Lipinski definition) is 2. The van der Waals surface area contributed by atoms with Crippen LogP contribution in [0.1, 0.15) is 33.6 Å². The zero-order chi connectivity index (χ0) is 10.1. The van der Waals surface area contributed by atoms with E-state index in [-0.39, 0.29) is 11.8 Å². The van der Waals surface area contributed by atoms with Crippen molar-refractivity contribution in [2.45, 2.75) is 33.6 Å². The molecule has 0 aliphatic carbocycles. The Hall–Kier alpha value is -0.570. The van der Waals surface area contributed by atoms with Gasteiger partial charge in [-0.3, -0.25) is 4.79 Å². The van der Waals surface area contributed by atoms with Crippen molar-refractivity contribution < 1.29 is 4.79 Å². The lowest BCUT2D eigenvalue weighted by Gasteiger charge is -2.07. The number of rotatable bonds is 7. The van der Waals surface area contributed by atoms with Crippen LogP contribution in [0.5, 0.6) is 0 Å². The highest BCUT2D eigenvalue weighted by Crippen LogP contribution is 1.89. The summed E-state index contributed by atoms with van der Waals surface area (Å²) in [5.74, 6) is 0.230. The molecule has 0 unspecified atom stereocenters. The van der Waals surface area contributed by atoms with Crippen LogP contribution in [0, 0.1) is 5.92 Å². The van der Waals surface area contributed by atoms with Crippen molar-refractivity contribution in [3.8, 4) is 0 Å². The van der Waals surface area contributed by atoms with Crippen molar-refractivity contribution in [2.24, 2.45) is 5.92 Å². The largest absolute Gasteiger partial charge is 0.355 e. The van der Waals surface area contributed by atoms with Gasteiger partial charge in [0.15, 0.2) is 0 Å². The van der Waals surface area contributed by atoms with E-state index in [1.54, 1.807) is 0 Å². The smallest absolute Gasteiger partial charge is 0.222 e. The van der Waals surface area contributed by atoms with E-state index in [1.165, 1.54) is 12.8 Å². The molecule has 0 rings (SSSR count). The second-order valence-electron chi connectivity index (χ2n) is 3.55. The highest BCUT2D eigenvalue weighted by atomic mass is 16.1. The molecule has 3 nitrogen and oxygen atoms in total. The lowest BCUT2D eigenvalue weighted by atomic mass is 10.2. The van der Waals surface area contributed by atoms with Gasteiger partial charge < -0.3 is 10.6 Å². The van der Waals surface area contributed by atoms with E-state index < -0.39 is 0 Å². The van der Waals surface area contributed by atoms with Gasteiger partial charge in [-0.15, -0.1) is 0 Å². The van der Waals surface area contributed by atoms with E-state index >= 15 is 0 Å². The summed E-state index contributed by atoms with van der Waals surface area (Å²) in [5.41, 5.74) is 0. The topological polar surface area (TPSA) is 41.1 Å². The van der Waals surface area contributed by atoms with Gasteiger partial charge in [0.25, 0.3) is 0 Å². The molecule has 0 saturated heterocycles. The Balaban J connectivity index is 3.12. The Morgan fingerprint density at radius 1 is 1.23 bits per heavy atom. The predicted molar refractivity (Wildman–Crippen MR) is 55.6 cm³/mol. The molecule has 0 radical (unpaired) electrons. The minimum Gasteiger partial charge on any atom is -0.355 e. The molecular weight excluding hydrogens is 164 g/mol. The van der Waals surface area contributed by atoms with Gasteiger partial charge in [0.1, 0.15) is 0 Å². The van der Waals surface area contributed by atoms with E-state index in [9.17, 15) is 4.79 Å². The highest BCUT2D eigenvalue weighted by molar-refractivity contribution is 5.77. The van der Waals surface area contributed by atoms with E-state index in [0.717, 1.165) is 19.6 Å². The third-order valence-corrected chi connectivity index (χ3v) is 1.83. The molecule has 0 aromatic heterocycles. The fourth-order valence-electron chi connectivity index (χ4n) is 0.905. The first-order valence-electron chi connectivity index (χ1n) is 5.17. The molecule has 0 saturated carbocycles. The normalized spacial score (nSPS) is 10.5. The third-order valence-electron chi connectivity index (χ3n) is 1.83. The summed E-state index contributed by atoms with van der Waals surface area (Å²) >= 11 is 0. The zero-order valence-corrected chi connectivity index (χ0v) is 9.02. The van der Waals surface area contributed by atoms with Gasteiger partial charge >= 0.3 is 0 Å². The molecule has 0 atom stereocenters. The monoisotopic (exact) mass is 186 g/mol. The van der Waals surface area contributed by atoms with Gasteiger partial charge in [0, 0.05) is 19.0 Å². The maximum Gasteiger partial charge on any atom is 0.222 e. The molecule has 78 valence electrons. The van der Waals surface area contributed by atoms with Crippen molar-refractivity contribution in [1.29, 1.82) is 0 Å². The summed E-state index contributed by atoms with van der Waals surface area (Å²) in [5, 5.41) is 6.12. The van der Waals surface area contributed by atoms with Crippen LogP contribution in [0.25, 0.3) is 0 Å². The third kappa shape index (κ3) is 7.78. The Kier molecular flexibility index (Phi) is 7.69. The number of nitrogens with one attached hydrogen (secondary N) is 2. The van der Waals surface area contributed by atoms with Gasteiger partial charge in [0.2, 0.25) is 5.91 Å². The Bertz CT molecular complexity index is 135. The van der Waals surface area contributed by atoms with Crippen LogP contribution >= 0.6 is 0 Å². The number of carbonyl (C=O) groups excluding carboxylic acids is 1. The van der Waals surface area contributed by atoms with Crippen molar-refractivity contribution in [1.82, 2.24) is 10.6 Å². The first-order valence-corrected chi connectivity index (χ1v) is 5.17. The van der Waals surface area contributed by atoms with E-state index in [0.29, 0.717) is 0 Å². The average Bonchev–Trinajstić information content (AvgIpc) is 2.10. The second kappa shape index (κ2) is 8.05. The van der Waals surface area contributed by atoms with Crippen LogP contribution in [-0.4, -0.2) is 25.5 Å². The summed E-state index contributed by atoms with van der Waals surface area (Å²) < 4.78 is 0. The van der Waals surface area contributed by atoms with Crippen molar-refractivity contribution in [3.63, 3.8) is 0 Å². The van der Waals surface area contributed by atoms with Crippen molar-refractivity contribution >= 4 is 5.91 Å². The van der Waals surface area contributed by atoms with Crippen LogP contribution in [0.3, 0.4) is 0 Å². The quantitative estimate of drug-likeness (QED) is 0.586. The molecule has 0 aromatic carbocycles. The maximum atomic E-state index is 11.1.